The van der Waals surface area contributed by atoms with Gasteiger partial charge in [-0.1, -0.05) is 0 Å². The lowest BCUT2D eigenvalue weighted by Crippen LogP contribution is -2.34. The Morgan fingerprint density at radius 2 is 1.23 bits per heavy atom. The van der Waals surface area contributed by atoms with Crippen molar-refractivity contribution in [1.29, 1.82) is 10.8 Å². The van der Waals surface area contributed by atoms with Crippen LogP contribution >= 0.6 is 0 Å². The molecule has 0 atom stereocenters. The highest BCUT2D eigenvalue weighted by atomic mass is 16.2. The number of aromatic amines is 1. The molecule has 0 unspecified atom stereocenters. The zero-order chi connectivity index (χ0) is 30.7. The molecule has 5 rings (SSSR count). The van der Waals surface area contributed by atoms with Crippen LogP contribution in [0, 0.1) is 22.7 Å². The Balaban J connectivity index is 1.24. The highest BCUT2D eigenvalue weighted by Gasteiger charge is 2.26. The van der Waals surface area contributed by atoms with Crippen molar-refractivity contribution in [3.63, 3.8) is 0 Å². The summed E-state index contributed by atoms with van der Waals surface area (Å²) in [7, 11) is 0. The van der Waals surface area contributed by atoms with Crippen LogP contribution < -0.4 is 32.7 Å². The number of aromatic nitrogens is 4. The molecule has 2 aliphatic carbocycles. The molecule has 2 saturated carbocycles. The largest absolute Gasteiger partial charge is 0.386 e. The van der Waals surface area contributed by atoms with Crippen LogP contribution in [0.2, 0.25) is 0 Å². The normalized spacial score (nSPS) is 14.1. The maximum atomic E-state index is 12.9. The molecule has 0 bridgehead atoms. The zero-order valence-electron chi connectivity index (χ0n) is 23.3. The van der Waals surface area contributed by atoms with Crippen molar-refractivity contribution in [2.75, 3.05) is 23.7 Å². The van der Waals surface area contributed by atoms with Crippen LogP contribution in [0.25, 0.3) is 0 Å². The van der Waals surface area contributed by atoms with Crippen molar-refractivity contribution in [3.8, 4) is 0 Å². The summed E-state index contributed by atoms with van der Waals surface area (Å²) in [5.74, 6) is -1.41. The first kappa shape index (κ1) is 29.1. The van der Waals surface area contributed by atoms with Crippen molar-refractivity contribution in [1.82, 2.24) is 30.0 Å². The molecule has 3 aromatic rings. The molecule has 0 radical (unpaired) electrons. The van der Waals surface area contributed by atoms with Gasteiger partial charge in [-0.2, -0.15) is 5.10 Å². The third-order valence-electron chi connectivity index (χ3n) is 7.01. The third kappa shape index (κ3) is 7.66. The topological polar surface area (TPSA) is 255 Å². The lowest BCUT2D eigenvalue weighted by atomic mass is 10.3. The van der Waals surface area contributed by atoms with Crippen LogP contribution in [-0.4, -0.2) is 67.7 Å². The molecule has 0 spiro atoms. The van der Waals surface area contributed by atoms with E-state index in [1.165, 1.54) is 18.2 Å². The number of hydrogen-bond donors (Lipinski definition) is 9. The highest BCUT2D eigenvalue weighted by molar-refractivity contribution is 6.08. The van der Waals surface area contributed by atoms with E-state index in [4.69, 9.17) is 22.3 Å². The summed E-state index contributed by atoms with van der Waals surface area (Å²) in [6.07, 6.45) is 7.58. The monoisotopic (exact) mass is 590 g/mol. The van der Waals surface area contributed by atoms with Gasteiger partial charge in [-0.3, -0.25) is 35.1 Å². The summed E-state index contributed by atoms with van der Waals surface area (Å²) in [5.41, 5.74) is 12.1. The van der Waals surface area contributed by atoms with E-state index in [2.05, 4.69) is 31.5 Å². The third-order valence-corrected chi connectivity index (χ3v) is 7.01. The van der Waals surface area contributed by atoms with E-state index in [1.54, 1.807) is 21.5 Å². The van der Waals surface area contributed by atoms with Gasteiger partial charge in [0.05, 0.1) is 24.5 Å². The minimum atomic E-state index is -0.588. The number of amidine groups is 2. The van der Waals surface area contributed by atoms with Gasteiger partial charge in [0.15, 0.2) is 5.69 Å². The average molecular weight is 591 g/mol. The number of anilines is 2. The first-order valence-electron chi connectivity index (χ1n) is 13.9. The van der Waals surface area contributed by atoms with Gasteiger partial charge >= 0.3 is 0 Å². The van der Waals surface area contributed by atoms with Crippen LogP contribution in [0.1, 0.15) is 67.6 Å². The number of nitrogens with one attached hydrogen (secondary N) is 7. The number of nitrogens with two attached hydrogens (primary N) is 2. The van der Waals surface area contributed by atoms with E-state index in [0.29, 0.717) is 47.7 Å². The molecule has 226 valence electrons. The Bertz CT molecular complexity index is 1480. The summed E-state index contributed by atoms with van der Waals surface area (Å²) in [5, 5.41) is 31.8. The quantitative estimate of drug-likeness (QED) is 0.0956. The molecular formula is C27H34N12O4. The van der Waals surface area contributed by atoms with Gasteiger partial charge in [-0.05, 0) is 49.7 Å². The van der Waals surface area contributed by atoms with Gasteiger partial charge in [0.25, 0.3) is 23.6 Å². The van der Waals surface area contributed by atoms with Crippen molar-refractivity contribution in [2.24, 2.45) is 23.3 Å². The molecule has 16 nitrogen and oxygen atoms in total. The Morgan fingerprint density at radius 3 is 1.67 bits per heavy atom. The van der Waals surface area contributed by atoms with E-state index in [1.807, 2.05) is 0 Å². The standard InChI is InChI=1S/C27H34N12O4/c28-22(29)8-32-26(42)20-5-16(12-38(20)10-14-1-2-14)34-24(40)18-7-19(37-36-18)25(41)35-17-6-21(27(43)33-9-23(30)31)39(13-17)11-15-3-4-15/h5-7,12-15H,1-4,8-11H2,(H3,28,29)(H3,30,31)(H,32,42)(H,33,43)(H,34,40)(H,35,41)(H,36,37). The molecule has 2 aliphatic rings. The maximum absolute atomic E-state index is 12.9. The van der Waals surface area contributed by atoms with E-state index in [-0.39, 0.29) is 36.1 Å². The SMILES string of the molecule is N=C(N)CNC(=O)c1cc(NC(=O)c2cc(C(=O)Nc3cc(C(=O)NCC(=N)N)n(CC4CC4)c3)[nH]n2)cn1CC1CC1. The minimum Gasteiger partial charge on any atom is -0.386 e. The number of nitrogens with zero attached hydrogens (tertiary/aromatic N) is 3. The minimum absolute atomic E-state index is 0.0262. The summed E-state index contributed by atoms with van der Waals surface area (Å²) < 4.78 is 3.52. The van der Waals surface area contributed by atoms with Crippen LogP contribution in [0.15, 0.2) is 30.6 Å². The fourth-order valence-corrected chi connectivity index (χ4v) is 4.48. The van der Waals surface area contributed by atoms with Gasteiger partial charge < -0.3 is 41.9 Å². The van der Waals surface area contributed by atoms with E-state index in [0.717, 1.165) is 25.7 Å². The number of carbonyl (C=O) groups is 4. The summed E-state index contributed by atoms with van der Waals surface area (Å²) in [4.78, 5) is 51.2. The Kier molecular flexibility index (Phi) is 8.27. The highest BCUT2D eigenvalue weighted by Crippen LogP contribution is 2.33. The number of amides is 4. The molecule has 2 fully saturated rings. The van der Waals surface area contributed by atoms with Gasteiger partial charge in [0.2, 0.25) is 0 Å². The number of carbonyl (C=O) groups excluding carboxylic acids is 4. The number of rotatable bonds is 14. The van der Waals surface area contributed by atoms with Crippen molar-refractivity contribution in [3.05, 3.63) is 53.4 Å². The van der Waals surface area contributed by atoms with Gasteiger partial charge in [-0.25, -0.2) is 0 Å². The second-order valence-electron chi connectivity index (χ2n) is 10.9. The Hall–Kier alpha value is -5.41. The van der Waals surface area contributed by atoms with Crippen LogP contribution in [0.5, 0.6) is 0 Å². The fraction of sp³-hybridized carbons (Fsp3) is 0.370. The molecule has 3 heterocycles. The molecule has 16 heteroatoms. The van der Waals surface area contributed by atoms with Crippen LogP contribution in [0.4, 0.5) is 11.4 Å². The van der Waals surface area contributed by atoms with E-state index >= 15 is 0 Å². The van der Waals surface area contributed by atoms with Gasteiger partial charge in [0.1, 0.15) is 28.8 Å². The number of hydrogen-bond acceptors (Lipinski definition) is 7. The smallest absolute Gasteiger partial charge is 0.276 e. The first-order chi connectivity index (χ1) is 20.5. The molecule has 43 heavy (non-hydrogen) atoms. The van der Waals surface area contributed by atoms with Gasteiger partial charge in [-0.15, -0.1) is 0 Å². The molecule has 4 amide bonds. The average Bonchev–Trinajstić information content (AvgIpc) is 3.81. The van der Waals surface area contributed by atoms with E-state index < -0.39 is 23.6 Å². The molecule has 0 aliphatic heterocycles. The second-order valence-corrected chi connectivity index (χ2v) is 10.9. The lowest BCUT2D eigenvalue weighted by Gasteiger charge is -2.08. The van der Waals surface area contributed by atoms with Crippen molar-refractivity contribution >= 4 is 46.7 Å². The molecule has 3 aromatic heterocycles. The van der Waals surface area contributed by atoms with Crippen molar-refractivity contribution in [2.45, 2.75) is 38.8 Å². The molecule has 0 aromatic carbocycles. The van der Waals surface area contributed by atoms with Crippen LogP contribution in [-0.2, 0) is 13.1 Å². The molecule has 11 N–H and O–H groups in total. The first-order valence-corrected chi connectivity index (χ1v) is 13.9. The summed E-state index contributed by atoms with van der Waals surface area (Å²) in [6.45, 7) is 1.06. The van der Waals surface area contributed by atoms with Crippen molar-refractivity contribution < 1.29 is 19.2 Å². The Morgan fingerprint density at radius 1 is 0.767 bits per heavy atom. The summed E-state index contributed by atoms with van der Waals surface area (Å²) in [6, 6.07) is 4.37. The Labute approximate surface area is 246 Å². The number of H-pyrrole nitrogens is 1. The predicted molar refractivity (Wildman–Crippen MR) is 157 cm³/mol. The summed E-state index contributed by atoms with van der Waals surface area (Å²) >= 11 is 0. The van der Waals surface area contributed by atoms with Crippen LogP contribution in [0.3, 0.4) is 0 Å². The second kappa shape index (κ2) is 12.2. The van der Waals surface area contributed by atoms with E-state index in [9.17, 15) is 19.2 Å². The molecular weight excluding hydrogens is 556 g/mol. The predicted octanol–water partition coefficient (Wildman–Crippen LogP) is 0.669. The maximum Gasteiger partial charge on any atom is 0.276 e. The lowest BCUT2D eigenvalue weighted by molar-refractivity contribution is 0.0941. The molecule has 0 saturated heterocycles. The zero-order valence-corrected chi connectivity index (χ0v) is 23.3. The fourth-order valence-electron chi connectivity index (χ4n) is 4.48. The van der Waals surface area contributed by atoms with Gasteiger partial charge in [0, 0.05) is 31.5 Å².